The SMILES string of the molecule is Cc1cnc(-c2cc(N3CCN(CCCS(C)(=O)=O)CC3)ncc2F)c(C)c1. The lowest BCUT2D eigenvalue weighted by molar-refractivity contribution is 0.258. The molecular weight excluding hydrogens is 379 g/mol. The average Bonchev–Trinajstić information content (AvgIpc) is 2.62. The van der Waals surface area contributed by atoms with Crippen molar-refractivity contribution < 1.29 is 12.8 Å². The van der Waals surface area contributed by atoms with Crippen LogP contribution < -0.4 is 4.90 Å². The molecule has 2 aromatic rings. The first kappa shape index (κ1) is 20.7. The second-order valence-electron chi connectivity index (χ2n) is 7.51. The van der Waals surface area contributed by atoms with E-state index < -0.39 is 9.84 Å². The van der Waals surface area contributed by atoms with Crippen molar-refractivity contribution in [2.24, 2.45) is 0 Å². The van der Waals surface area contributed by atoms with E-state index in [1.54, 1.807) is 12.3 Å². The van der Waals surface area contributed by atoms with Gasteiger partial charge in [0.25, 0.3) is 0 Å². The lowest BCUT2D eigenvalue weighted by atomic mass is 10.1. The molecule has 0 unspecified atom stereocenters. The highest BCUT2D eigenvalue weighted by Crippen LogP contribution is 2.27. The molecule has 0 amide bonds. The number of hydrogen-bond acceptors (Lipinski definition) is 6. The molecule has 3 heterocycles. The predicted octanol–water partition coefficient (Wildman–Crippen LogP) is 2.46. The summed E-state index contributed by atoms with van der Waals surface area (Å²) in [5.74, 6) is 0.593. The standard InChI is InChI=1S/C20H27FN4O2S/c1-15-11-16(2)20(23-13-15)17-12-19(22-14-18(17)21)25-8-6-24(7-9-25)5-4-10-28(3,26)27/h11-14H,4-10H2,1-3H3. The number of aryl methyl sites for hydroxylation is 2. The first-order chi connectivity index (χ1) is 13.2. The van der Waals surface area contributed by atoms with Crippen LogP contribution in [0.25, 0.3) is 11.3 Å². The van der Waals surface area contributed by atoms with E-state index in [1.165, 1.54) is 12.5 Å². The van der Waals surface area contributed by atoms with E-state index in [0.717, 1.165) is 49.7 Å². The van der Waals surface area contributed by atoms with Gasteiger partial charge in [-0.2, -0.15) is 0 Å². The van der Waals surface area contributed by atoms with Crippen LogP contribution in [0.3, 0.4) is 0 Å². The van der Waals surface area contributed by atoms with Gasteiger partial charge in [0.2, 0.25) is 0 Å². The molecule has 0 aliphatic carbocycles. The van der Waals surface area contributed by atoms with E-state index in [0.29, 0.717) is 17.7 Å². The second-order valence-corrected chi connectivity index (χ2v) is 9.77. The molecule has 1 saturated heterocycles. The van der Waals surface area contributed by atoms with E-state index in [9.17, 15) is 12.8 Å². The van der Waals surface area contributed by atoms with Crippen molar-refractivity contribution in [1.29, 1.82) is 0 Å². The van der Waals surface area contributed by atoms with Gasteiger partial charge < -0.3 is 4.90 Å². The molecule has 0 spiro atoms. The smallest absolute Gasteiger partial charge is 0.151 e. The molecule has 28 heavy (non-hydrogen) atoms. The van der Waals surface area contributed by atoms with Crippen molar-refractivity contribution in [3.8, 4) is 11.3 Å². The normalized spacial score (nSPS) is 15.8. The van der Waals surface area contributed by atoms with E-state index in [-0.39, 0.29) is 11.6 Å². The highest BCUT2D eigenvalue weighted by Gasteiger charge is 2.20. The summed E-state index contributed by atoms with van der Waals surface area (Å²) in [5.41, 5.74) is 3.10. The van der Waals surface area contributed by atoms with Crippen molar-refractivity contribution in [3.63, 3.8) is 0 Å². The van der Waals surface area contributed by atoms with Gasteiger partial charge in [0.15, 0.2) is 5.82 Å². The number of aromatic nitrogens is 2. The molecule has 0 N–H and O–H groups in total. The van der Waals surface area contributed by atoms with Crippen molar-refractivity contribution in [1.82, 2.24) is 14.9 Å². The summed E-state index contributed by atoms with van der Waals surface area (Å²) >= 11 is 0. The van der Waals surface area contributed by atoms with Crippen LogP contribution >= 0.6 is 0 Å². The summed E-state index contributed by atoms with van der Waals surface area (Å²) in [7, 11) is -2.91. The third-order valence-corrected chi connectivity index (χ3v) is 6.03. The number of halogens is 1. The van der Waals surface area contributed by atoms with E-state index in [2.05, 4.69) is 19.8 Å². The number of piperazine rings is 1. The molecule has 0 atom stereocenters. The molecule has 6 nitrogen and oxygen atoms in total. The number of pyridine rings is 2. The lowest BCUT2D eigenvalue weighted by Gasteiger charge is -2.35. The molecule has 2 aromatic heterocycles. The maximum absolute atomic E-state index is 14.4. The first-order valence-electron chi connectivity index (χ1n) is 9.47. The Balaban J connectivity index is 1.67. The van der Waals surface area contributed by atoms with Gasteiger partial charge in [-0.1, -0.05) is 6.07 Å². The van der Waals surface area contributed by atoms with Gasteiger partial charge in [0, 0.05) is 44.2 Å². The number of nitrogens with zero attached hydrogens (tertiary/aromatic N) is 4. The molecule has 0 bridgehead atoms. The number of hydrogen-bond donors (Lipinski definition) is 0. The van der Waals surface area contributed by atoms with Gasteiger partial charge in [-0.05, 0) is 44.0 Å². The van der Waals surface area contributed by atoms with Gasteiger partial charge in [-0.3, -0.25) is 9.88 Å². The van der Waals surface area contributed by atoms with Crippen LogP contribution in [0.4, 0.5) is 10.2 Å². The van der Waals surface area contributed by atoms with Gasteiger partial charge in [0.05, 0.1) is 17.6 Å². The largest absolute Gasteiger partial charge is 0.354 e. The molecule has 0 aromatic carbocycles. The Kier molecular flexibility index (Phi) is 6.30. The Morgan fingerprint density at radius 3 is 2.43 bits per heavy atom. The van der Waals surface area contributed by atoms with Crippen molar-refractivity contribution in [2.75, 3.05) is 49.6 Å². The van der Waals surface area contributed by atoms with Gasteiger partial charge in [-0.25, -0.2) is 17.8 Å². The number of sulfone groups is 1. The summed E-state index contributed by atoms with van der Waals surface area (Å²) in [6.45, 7) is 7.89. The van der Waals surface area contributed by atoms with Crippen LogP contribution in [-0.4, -0.2) is 68.0 Å². The number of anilines is 1. The third kappa shape index (κ3) is 5.26. The highest BCUT2D eigenvalue weighted by atomic mass is 32.2. The van der Waals surface area contributed by atoms with Crippen LogP contribution in [0.1, 0.15) is 17.5 Å². The fraction of sp³-hybridized carbons (Fsp3) is 0.500. The molecule has 152 valence electrons. The van der Waals surface area contributed by atoms with Crippen LogP contribution in [0.15, 0.2) is 24.5 Å². The number of rotatable bonds is 6. The first-order valence-corrected chi connectivity index (χ1v) is 11.5. The summed E-state index contributed by atoms with van der Waals surface area (Å²) < 4.78 is 36.9. The molecule has 8 heteroatoms. The highest BCUT2D eigenvalue weighted by molar-refractivity contribution is 7.90. The Labute approximate surface area is 166 Å². The summed E-state index contributed by atoms with van der Waals surface area (Å²) in [4.78, 5) is 13.1. The summed E-state index contributed by atoms with van der Waals surface area (Å²) in [5, 5.41) is 0. The zero-order valence-corrected chi connectivity index (χ0v) is 17.5. The van der Waals surface area contributed by atoms with Gasteiger partial charge in [-0.15, -0.1) is 0 Å². The maximum Gasteiger partial charge on any atom is 0.151 e. The third-order valence-electron chi connectivity index (χ3n) is 5.00. The van der Waals surface area contributed by atoms with Crippen LogP contribution in [0.2, 0.25) is 0 Å². The molecule has 1 fully saturated rings. The Hall–Kier alpha value is -2.06. The Morgan fingerprint density at radius 2 is 1.79 bits per heavy atom. The van der Waals surface area contributed by atoms with E-state index >= 15 is 0 Å². The minimum atomic E-state index is -2.91. The lowest BCUT2D eigenvalue weighted by Crippen LogP contribution is -2.47. The topological polar surface area (TPSA) is 66.4 Å². The van der Waals surface area contributed by atoms with E-state index in [1.807, 2.05) is 19.9 Å². The molecule has 0 saturated carbocycles. The monoisotopic (exact) mass is 406 g/mol. The van der Waals surface area contributed by atoms with Crippen LogP contribution in [0.5, 0.6) is 0 Å². The fourth-order valence-electron chi connectivity index (χ4n) is 3.53. The van der Waals surface area contributed by atoms with Crippen LogP contribution in [-0.2, 0) is 9.84 Å². The quantitative estimate of drug-likeness (QED) is 0.734. The van der Waals surface area contributed by atoms with Gasteiger partial charge >= 0.3 is 0 Å². The van der Waals surface area contributed by atoms with Gasteiger partial charge in [0.1, 0.15) is 15.7 Å². The zero-order chi connectivity index (χ0) is 20.3. The average molecular weight is 407 g/mol. The van der Waals surface area contributed by atoms with Crippen molar-refractivity contribution >= 4 is 15.7 Å². The second kappa shape index (κ2) is 8.53. The molecular formula is C20H27FN4O2S. The Bertz CT molecular complexity index is 941. The van der Waals surface area contributed by atoms with Crippen molar-refractivity contribution in [3.05, 3.63) is 41.5 Å². The molecule has 0 radical (unpaired) electrons. The Morgan fingerprint density at radius 1 is 1.07 bits per heavy atom. The van der Waals surface area contributed by atoms with Crippen molar-refractivity contribution in [2.45, 2.75) is 20.3 Å². The molecule has 1 aliphatic heterocycles. The van der Waals surface area contributed by atoms with Crippen LogP contribution in [0, 0.1) is 19.7 Å². The summed E-state index contributed by atoms with van der Waals surface area (Å²) in [6.07, 6.45) is 4.94. The molecule has 3 rings (SSSR count). The molecule has 1 aliphatic rings. The zero-order valence-electron chi connectivity index (χ0n) is 16.7. The predicted molar refractivity (Wildman–Crippen MR) is 110 cm³/mol. The maximum atomic E-state index is 14.4. The van der Waals surface area contributed by atoms with E-state index in [4.69, 9.17) is 0 Å². The minimum absolute atomic E-state index is 0.221. The minimum Gasteiger partial charge on any atom is -0.354 e. The fourth-order valence-corrected chi connectivity index (χ4v) is 4.18. The summed E-state index contributed by atoms with van der Waals surface area (Å²) in [6, 6.07) is 3.77.